The topological polar surface area (TPSA) is 42.9 Å². The molecule has 26 heavy (non-hydrogen) atoms. The van der Waals surface area contributed by atoms with Crippen molar-refractivity contribution in [3.63, 3.8) is 0 Å². The van der Waals surface area contributed by atoms with E-state index in [2.05, 4.69) is 46.2 Å². The average molecular weight is 479 g/mol. The number of rotatable bonds is 13. The molecule has 0 aliphatic heterocycles. The van der Waals surface area contributed by atoms with Crippen LogP contribution >= 0.6 is 24.0 Å². The van der Waals surface area contributed by atoms with Gasteiger partial charge in [-0.25, -0.2) is 0 Å². The third-order valence-corrected chi connectivity index (χ3v) is 5.56. The summed E-state index contributed by atoms with van der Waals surface area (Å²) in [5, 5.41) is 7.07. The molecule has 0 bridgehead atoms. The van der Waals surface area contributed by atoms with Crippen LogP contribution in [-0.2, 0) is 0 Å². The highest BCUT2D eigenvalue weighted by Crippen LogP contribution is 2.34. The zero-order chi connectivity index (χ0) is 18.1. The molecule has 0 radical (unpaired) electrons. The minimum atomic E-state index is 0. The quantitative estimate of drug-likeness (QED) is 0.242. The molecule has 0 amide bonds. The maximum absolute atomic E-state index is 4.40. The third kappa shape index (κ3) is 9.74. The SMILES string of the molecule is CCN(CC)CCCC(C)NC(=NC)NCCN(CC1CC1)C1CC1.I. The second-order valence-electron chi connectivity index (χ2n) is 7.88. The van der Waals surface area contributed by atoms with E-state index < -0.39 is 0 Å². The molecule has 2 saturated carbocycles. The molecular formula is C20H42IN5. The maximum Gasteiger partial charge on any atom is 0.191 e. The Balaban J connectivity index is 0.00000338. The molecule has 0 heterocycles. The Morgan fingerprint density at radius 2 is 1.81 bits per heavy atom. The number of nitrogens with zero attached hydrogens (tertiary/aromatic N) is 3. The van der Waals surface area contributed by atoms with Crippen molar-refractivity contribution in [2.24, 2.45) is 10.9 Å². The van der Waals surface area contributed by atoms with Crippen LogP contribution in [0, 0.1) is 5.92 Å². The first-order valence-electron chi connectivity index (χ1n) is 10.6. The molecule has 0 aromatic heterocycles. The molecule has 2 aliphatic rings. The molecule has 0 saturated heterocycles. The van der Waals surface area contributed by atoms with Crippen LogP contribution in [0.5, 0.6) is 0 Å². The lowest BCUT2D eigenvalue weighted by Gasteiger charge is -2.24. The number of guanidine groups is 1. The van der Waals surface area contributed by atoms with Crippen LogP contribution in [-0.4, -0.2) is 74.2 Å². The first-order valence-corrected chi connectivity index (χ1v) is 10.6. The lowest BCUT2D eigenvalue weighted by Crippen LogP contribution is -2.45. The second-order valence-corrected chi connectivity index (χ2v) is 7.88. The van der Waals surface area contributed by atoms with Crippen molar-refractivity contribution < 1.29 is 0 Å². The molecule has 5 nitrogen and oxygen atoms in total. The zero-order valence-corrected chi connectivity index (χ0v) is 19.8. The molecule has 2 N–H and O–H groups in total. The summed E-state index contributed by atoms with van der Waals surface area (Å²) in [7, 11) is 1.88. The van der Waals surface area contributed by atoms with Gasteiger partial charge < -0.3 is 15.5 Å². The zero-order valence-electron chi connectivity index (χ0n) is 17.5. The van der Waals surface area contributed by atoms with Gasteiger partial charge in [0.2, 0.25) is 0 Å². The van der Waals surface area contributed by atoms with Gasteiger partial charge in [-0.3, -0.25) is 9.89 Å². The standard InChI is InChI=1S/C20H41N5.HI/c1-5-24(6-2)14-7-8-17(3)23-20(21-4)22-13-15-25(19-11-12-19)16-18-9-10-18;/h17-19H,5-16H2,1-4H3,(H2,21,22,23);1H. The number of halogens is 1. The van der Waals surface area contributed by atoms with Crippen LogP contribution in [0.15, 0.2) is 4.99 Å². The van der Waals surface area contributed by atoms with E-state index in [1.165, 1.54) is 51.6 Å². The highest BCUT2D eigenvalue weighted by atomic mass is 127. The maximum atomic E-state index is 4.40. The van der Waals surface area contributed by atoms with Gasteiger partial charge >= 0.3 is 0 Å². The van der Waals surface area contributed by atoms with Crippen molar-refractivity contribution in [3.8, 4) is 0 Å². The van der Waals surface area contributed by atoms with E-state index in [-0.39, 0.29) is 24.0 Å². The Kier molecular flexibility index (Phi) is 12.1. The highest BCUT2D eigenvalue weighted by Gasteiger charge is 2.33. The fourth-order valence-electron chi connectivity index (χ4n) is 3.47. The van der Waals surface area contributed by atoms with Gasteiger partial charge in [-0.15, -0.1) is 24.0 Å². The molecule has 2 aliphatic carbocycles. The third-order valence-electron chi connectivity index (χ3n) is 5.56. The summed E-state index contributed by atoms with van der Waals surface area (Å²) >= 11 is 0. The number of hydrogen-bond donors (Lipinski definition) is 2. The predicted octanol–water partition coefficient (Wildman–Crippen LogP) is 3.15. The monoisotopic (exact) mass is 479 g/mol. The molecule has 1 atom stereocenters. The summed E-state index contributed by atoms with van der Waals surface area (Å²) in [4.78, 5) is 9.59. The molecule has 1 unspecified atom stereocenters. The Bertz CT molecular complexity index is 392. The Morgan fingerprint density at radius 3 is 2.35 bits per heavy atom. The summed E-state index contributed by atoms with van der Waals surface area (Å²) in [6.07, 6.45) is 8.14. The highest BCUT2D eigenvalue weighted by molar-refractivity contribution is 14.0. The van der Waals surface area contributed by atoms with E-state index >= 15 is 0 Å². The van der Waals surface area contributed by atoms with Crippen molar-refractivity contribution >= 4 is 29.9 Å². The second kappa shape index (κ2) is 13.2. The van der Waals surface area contributed by atoms with E-state index in [0.29, 0.717) is 6.04 Å². The van der Waals surface area contributed by atoms with Crippen LogP contribution in [0.25, 0.3) is 0 Å². The molecule has 154 valence electrons. The summed E-state index contributed by atoms with van der Waals surface area (Å²) < 4.78 is 0. The van der Waals surface area contributed by atoms with E-state index in [1.54, 1.807) is 0 Å². The van der Waals surface area contributed by atoms with E-state index in [0.717, 1.165) is 44.1 Å². The van der Waals surface area contributed by atoms with Gasteiger partial charge in [-0.2, -0.15) is 0 Å². The summed E-state index contributed by atoms with van der Waals surface area (Å²) in [6, 6.07) is 1.34. The fourth-order valence-corrected chi connectivity index (χ4v) is 3.47. The minimum Gasteiger partial charge on any atom is -0.355 e. The van der Waals surface area contributed by atoms with Gasteiger partial charge in [0, 0.05) is 38.8 Å². The summed E-state index contributed by atoms with van der Waals surface area (Å²) in [6.45, 7) is 13.7. The fraction of sp³-hybridized carbons (Fsp3) is 0.950. The predicted molar refractivity (Wildman–Crippen MR) is 124 cm³/mol. The van der Waals surface area contributed by atoms with Crippen molar-refractivity contribution in [1.82, 2.24) is 20.4 Å². The first kappa shape index (κ1) is 24.0. The van der Waals surface area contributed by atoms with Crippen molar-refractivity contribution in [2.75, 3.05) is 46.3 Å². The molecule has 2 fully saturated rings. The first-order chi connectivity index (χ1) is 12.2. The Morgan fingerprint density at radius 1 is 1.12 bits per heavy atom. The Labute approximate surface area is 178 Å². The van der Waals surface area contributed by atoms with Gasteiger partial charge in [-0.1, -0.05) is 13.8 Å². The molecule has 0 spiro atoms. The lowest BCUT2D eigenvalue weighted by molar-refractivity contribution is 0.256. The summed E-state index contributed by atoms with van der Waals surface area (Å²) in [5.74, 6) is 1.95. The van der Waals surface area contributed by atoms with Gasteiger partial charge in [0.1, 0.15) is 0 Å². The van der Waals surface area contributed by atoms with Gasteiger partial charge in [0.05, 0.1) is 0 Å². The Hall–Kier alpha value is -0.0800. The van der Waals surface area contributed by atoms with E-state index in [4.69, 9.17) is 0 Å². The molecule has 0 aromatic rings. The van der Waals surface area contributed by atoms with Crippen molar-refractivity contribution in [3.05, 3.63) is 0 Å². The lowest BCUT2D eigenvalue weighted by atomic mass is 10.2. The number of aliphatic imine (C=N–C) groups is 1. The molecule has 0 aromatic carbocycles. The number of nitrogens with one attached hydrogen (secondary N) is 2. The van der Waals surface area contributed by atoms with E-state index in [9.17, 15) is 0 Å². The smallest absolute Gasteiger partial charge is 0.191 e. The van der Waals surface area contributed by atoms with Crippen LogP contribution < -0.4 is 10.6 Å². The van der Waals surface area contributed by atoms with Gasteiger partial charge in [0.15, 0.2) is 5.96 Å². The minimum absolute atomic E-state index is 0. The van der Waals surface area contributed by atoms with Crippen molar-refractivity contribution in [1.29, 1.82) is 0 Å². The van der Waals surface area contributed by atoms with Crippen LogP contribution in [0.1, 0.15) is 59.3 Å². The summed E-state index contributed by atoms with van der Waals surface area (Å²) in [5.41, 5.74) is 0. The van der Waals surface area contributed by atoms with E-state index in [1.807, 2.05) is 7.05 Å². The van der Waals surface area contributed by atoms with Crippen molar-refractivity contribution in [2.45, 2.75) is 71.4 Å². The van der Waals surface area contributed by atoms with Crippen LogP contribution in [0.4, 0.5) is 0 Å². The molecule has 6 heteroatoms. The van der Waals surface area contributed by atoms with Crippen LogP contribution in [0.2, 0.25) is 0 Å². The molecular weight excluding hydrogens is 437 g/mol. The average Bonchev–Trinajstić information content (AvgIpc) is 3.49. The molecule has 2 rings (SSSR count). The van der Waals surface area contributed by atoms with Gasteiger partial charge in [0.25, 0.3) is 0 Å². The van der Waals surface area contributed by atoms with Gasteiger partial charge in [-0.05, 0) is 71.0 Å². The van der Waals surface area contributed by atoms with Crippen LogP contribution in [0.3, 0.4) is 0 Å². The number of hydrogen-bond acceptors (Lipinski definition) is 3. The largest absolute Gasteiger partial charge is 0.355 e. The normalized spacial score (nSPS) is 18.8.